The van der Waals surface area contributed by atoms with Crippen LogP contribution in [0.4, 0.5) is 0 Å². The SMILES string of the molecule is CC(=O)[O][Mo].[Ni]. The number of hydrogen-bond acceptors (Lipinski definition) is 2. The zero-order chi connectivity index (χ0) is 4.28. The summed E-state index contributed by atoms with van der Waals surface area (Å²) in [6.45, 7) is 1.36. The normalized spacial score (nSPS) is 5.50. The molecule has 0 bridgehead atoms. The van der Waals surface area contributed by atoms with Crippen molar-refractivity contribution >= 4 is 5.97 Å². The van der Waals surface area contributed by atoms with E-state index in [1.54, 1.807) is 0 Å². The van der Waals surface area contributed by atoms with E-state index >= 15 is 0 Å². The summed E-state index contributed by atoms with van der Waals surface area (Å²) in [6, 6.07) is 0. The summed E-state index contributed by atoms with van der Waals surface area (Å²) in [5.41, 5.74) is 0. The summed E-state index contributed by atoms with van der Waals surface area (Å²) >= 11 is 1.29. The van der Waals surface area contributed by atoms with Crippen LogP contribution in [0.5, 0.6) is 0 Å². The monoisotopic (exact) mass is 215 g/mol. The number of carbonyl (C=O) groups excluding carboxylic acids is 1. The fraction of sp³-hybridized carbons (Fsp3) is 0.500. The van der Waals surface area contributed by atoms with Crippen LogP contribution in [0.3, 0.4) is 0 Å². The van der Waals surface area contributed by atoms with Crippen LogP contribution < -0.4 is 0 Å². The Bertz CT molecular complexity index is 46.8. The van der Waals surface area contributed by atoms with Gasteiger partial charge in [0.25, 0.3) is 0 Å². The van der Waals surface area contributed by atoms with Gasteiger partial charge in [-0.25, -0.2) is 0 Å². The van der Waals surface area contributed by atoms with E-state index in [0.717, 1.165) is 0 Å². The van der Waals surface area contributed by atoms with Crippen molar-refractivity contribution in [3.05, 3.63) is 0 Å². The van der Waals surface area contributed by atoms with E-state index in [-0.39, 0.29) is 22.5 Å². The maximum absolute atomic E-state index is 9.59. The van der Waals surface area contributed by atoms with Gasteiger partial charge in [-0.1, -0.05) is 0 Å². The Labute approximate surface area is 57.9 Å². The van der Waals surface area contributed by atoms with Crippen molar-refractivity contribution in [2.24, 2.45) is 0 Å². The minimum Gasteiger partial charge on any atom is 0 e. The molecule has 0 aliphatic rings. The van der Waals surface area contributed by atoms with E-state index in [1.165, 1.54) is 27.1 Å². The molecule has 0 aromatic carbocycles. The summed E-state index contributed by atoms with van der Waals surface area (Å²) in [7, 11) is 0. The molecule has 39 valence electrons. The van der Waals surface area contributed by atoms with Crippen molar-refractivity contribution in [1.29, 1.82) is 0 Å². The van der Waals surface area contributed by atoms with Crippen molar-refractivity contribution in [3.63, 3.8) is 0 Å². The first kappa shape index (κ1) is 9.82. The van der Waals surface area contributed by atoms with Crippen molar-refractivity contribution in [1.82, 2.24) is 0 Å². The topological polar surface area (TPSA) is 26.3 Å². The van der Waals surface area contributed by atoms with Crippen LogP contribution in [0.25, 0.3) is 0 Å². The summed E-state index contributed by atoms with van der Waals surface area (Å²) in [5.74, 6) is -0.241. The van der Waals surface area contributed by atoms with Crippen LogP contribution in [0, 0.1) is 0 Å². The maximum Gasteiger partial charge on any atom is 0 e. The third-order valence-electron chi connectivity index (χ3n) is 0.117. The molecular formula is C2H3MoNiO2. The largest absolute Gasteiger partial charge is 0 e. The molecule has 2 nitrogen and oxygen atoms in total. The minimum absolute atomic E-state index is 0. The molecule has 0 saturated heterocycles. The van der Waals surface area contributed by atoms with Crippen molar-refractivity contribution < 1.29 is 44.9 Å². The Morgan fingerprint density at radius 2 is 2.00 bits per heavy atom. The van der Waals surface area contributed by atoms with Gasteiger partial charge in [-0.05, 0) is 0 Å². The molecule has 0 radical (unpaired) electrons. The van der Waals surface area contributed by atoms with Gasteiger partial charge < -0.3 is 0 Å². The van der Waals surface area contributed by atoms with Gasteiger partial charge in [-0.3, -0.25) is 0 Å². The van der Waals surface area contributed by atoms with E-state index in [4.69, 9.17) is 0 Å². The fourth-order valence-corrected chi connectivity index (χ4v) is 0. The van der Waals surface area contributed by atoms with Gasteiger partial charge in [0.1, 0.15) is 0 Å². The zero-order valence-electron chi connectivity index (χ0n) is 3.04. The molecule has 0 rings (SSSR count). The van der Waals surface area contributed by atoms with Gasteiger partial charge in [0.15, 0.2) is 0 Å². The van der Waals surface area contributed by atoms with Crippen LogP contribution >= 0.6 is 0 Å². The molecule has 0 aliphatic heterocycles. The average Bonchev–Trinajstić information content (AvgIpc) is 1.38. The van der Waals surface area contributed by atoms with Gasteiger partial charge >= 0.3 is 41.3 Å². The van der Waals surface area contributed by atoms with Crippen LogP contribution in [0.2, 0.25) is 0 Å². The van der Waals surface area contributed by atoms with Gasteiger partial charge in [-0.15, -0.1) is 0 Å². The standard InChI is InChI=1S/C2H4O2.Mo.Ni/c1-2(3)4;;/h1H3,(H,3,4);;/q;+1;/p-1. The summed E-state index contributed by atoms with van der Waals surface area (Å²) < 4.78 is 4.12. The first-order chi connectivity index (χ1) is 2.27. The summed E-state index contributed by atoms with van der Waals surface area (Å²) in [5, 5.41) is 0. The first-order valence-electron chi connectivity index (χ1n) is 1.07. The molecule has 0 aliphatic carbocycles. The Hall–Kier alpha value is 0.652. The van der Waals surface area contributed by atoms with Gasteiger partial charge in [-0.2, -0.15) is 0 Å². The molecule has 0 heterocycles. The van der Waals surface area contributed by atoms with Crippen molar-refractivity contribution in [2.45, 2.75) is 6.92 Å². The van der Waals surface area contributed by atoms with Crippen LogP contribution in [-0.2, 0) is 44.9 Å². The van der Waals surface area contributed by atoms with Crippen molar-refractivity contribution in [3.8, 4) is 0 Å². The number of hydrogen-bond donors (Lipinski definition) is 0. The Morgan fingerprint density at radius 1 is 1.83 bits per heavy atom. The van der Waals surface area contributed by atoms with E-state index < -0.39 is 0 Å². The molecule has 0 aromatic rings. The van der Waals surface area contributed by atoms with Gasteiger partial charge in [0, 0.05) is 16.5 Å². The number of rotatable bonds is 0. The Kier molecular flexibility index (Phi) is 9.25. The quantitative estimate of drug-likeness (QED) is 0.530. The molecule has 6 heavy (non-hydrogen) atoms. The molecule has 0 aromatic heterocycles. The molecule has 0 spiro atoms. The van der Waals surface area contributed by atoms with E-state index in [2.05, 4.69) is 3.39 Å². The van der Waals surface area contributed by atoms with E-state index in [0.29, 0.717) is 0 Å². The Balaban J connectivity index is 0. The van der Waals surface area contributed by atoms with Gasteiger partial charge in [0.2, 0.25) is 0 Å². The fourth-order valence-electron chi connectivity index (χ4n) is 0. The molecule has 0 amide bonds. The molecule has 0 N–H and O–H groups in total. The summed E-state index contributed by atoms with van der Waals surface area (Å²) in [6.07, 6.45) is 0. The first-order valence-corrected chi connectivity index (χ1v) is 1.89. The maximum atomic E-state index is 9.59. The smallest absolute Gasteiger partial charge is 0 e. The predicted molar refractivity (Wildman–Crippen MR) is 11.8 cm³/mol. The Morgan fingerprint density at radius 3 is 2.00 bits per heavy atom. The summed E-state index contributed by atoms with van der Waals surface area (Å²) in [4.78, 5) is 9.59. The third kappa shape index (κ3) is 8.82. The van der Waals surface area contributed by atoms with Crippen LogP contribution in [-0.4, -0.2) is 5.97 Å². The molecule has 0 fully saturated rings. The van der Waals surface area contributed by atoms with Crippen molar-refractivity contribution in [2.75, 3.05) is 0 Å². The van der Waals surface area contributed by atoms with E-state index in [9.17, 15) is 4.79 Å². The second-order valence-electron chi connectivity index (χ2n) is 0.575. The van der Waals surface area contributed by atoms with E-state index in [1.807, 2.05) is 0 Å². The molecule has 4 heteroatoms. The predicted octanol–water partition coefficient (Wildman–Crippen LogP) is 0.00880. The van der Waals surface area contributed by atoms with Crippen LogP contribution in [0.15, 0.2) is 0 Å². The van der Waals surface area contributed by atoms with Gasteiger partial charge in [0.05, 0.1) is 0 Å². The second kappa shape index (κ2) is 5.65. The molecular weight excluding hydrogens is 211 g/mol. The zero-order valence-corrected chi connectivity index (χ0v) is 6.04. The molecule has 0 unspecified atom stereocenters. The molecule has 0 saturated carbocycles. The van der Waals surface area contributed by atoms with Crippen LogP contribution in [0.1, 0.15) is 6.92 Å². The number of carbonyl (C=O) groups is 1. The third-order valence-corrected chi connectivity index (χ3v) is 0.694. The second-order valence-corrected chi connectivity index (χ2v) is 0.985. The molecule has 0 atom stereocenters. The minimum atomic E-state index is -0.241. The average molecular weight is 214 g/mol.